The fraction of sp³-hybridized carbons (Fsp3) is 0.316. The second kappa shape index (κ2) is 9.22. The summed E-state index contributed by atoms with van der Waals surface area (Å²) in [5.74, 6) is -0.126. The molecule has 2 N–H and O–H groups in total. The molecule has 5 nitrogen and oxygen atoms in total. The number of benzene rings is 2. The van der Waals surface area contributed by atoms with E-state index in [-0.39, 0.29) is 24.2 Å². The Hall–Kier alpha value is -2.34. The predicted octanol–water partition coefficient (Wildman–Crippen LogP) is 3.92. The maximum atomic E-state index is 12.7. The molecule has 0 spiro atoms. The van der Waals surface area contributed by atoms with Gasteiger partial charge in [-0.3, -0.25) is 9.00 Å². The van der Waals surface area contributed by atoms with Gasteiger partial charge in [-0.2, -0.15) is 0 Å². The quantitative estimate of drug-likeness (QED) is 0.699. The second-order valence-electron chi connectivity index (χ2n) is 5.88. The number of hydrogen-bond acceptors (Lipinski definition) is 5. The molecule has 25 heavy (non-hydrogen) atoms. The molecule has 0 aliphatic heterocycles. The third-order valence-electron chi connectivity index (χ3n) is 3.45. The molecule has 134 valence electrons. The average molecular weight is 360 g/mol. The molecule has 0 aromatic heterocycles. The van der Waals surface area contributed by atoms with Crippen LogP contribution in [0.4, 0.5) is 17.1 Å². The molecule has 1 unspecified atom stereocenters. The Morgan fingerprint density at radius 3 is 2.48 bits per heavy atom. The number of carbonyl (C=O) groups excluding carboxylic acids is 1. The minimum atomic E-state index is -1.31. The van der Waals surface area contributed by atoms with Crippen LogP contribution in [0.3, 0.4) is 0 Å². The number of ether oxygens (including phenoxy) is 1. The first kappa shape index (κ1) is 19.0. The summed E-state index contributed by atoms with van der Waals surface area (Å²) in [6.45, 7) is 4.05. The van der Waals surface area contributed by atoms with E-state index in [1.54, 1.807) is 0 Å². The SMILES string of the molecule is COC(=O)CCS(=O)c1cc(Nc2ccccc2)ccc1NC(C)C. The Balaban J connectivity index is 2.24. The summed E-state index contributed by atoms with van der Waals surface area (Å²) < 4.78 is 17.3. The highest BCUT2D eigenvalue weighted by atomic mass is 32.2. The minimum Gasteiger partial charge on any atom is -0.469 e. The predicted molar refractivity (Wildman–Crippen MR) is 103 cm³/mol. The fourth-order valence-electron chi connectivity index (χ4n) is 2.29. The normalized spacial score (nSPS) is 11.8. The molecule has 0 heterocycles. The van der Waals surface area contributed by atoms with Crippen LogP contribution in [0.5, 0.6) is 0 Å². The van der Waals surface area contributed by atoms with Crippen LogP contribution >= 0.6 is 0 Å². The van der Waals surface area contributed by atoms with Crippen LogP contribution in [0.2, 0.25) is 0 Å². The molecular formula is C19H24N2O3S. The lowest BCUT2D eigenvalue weighted by molar-refractivity contribution is -0.140. The Bertz CT molecular complexity index is 733. The molecular weight excluding hydrogens is 336 g/mol. The molecule has 0 saturated carbocycles. The van der Waals surface area contributed by atoms with E-state index >= 15 is 0 Å². The summed E-state index contributed by atoms with van der Waals surface area (Å²) in [5.41, 5.74) is 2.62. The van der Waals surface area contributed by atoms with Crippen LogP contribution in [-0.2, 0) is 20.3 Å². The standard InChI is InChI=1S/C19H24N2O3S/c1-14(2)20-17-10-9-16(21-15-7-5-4-6-8-15)13-18(17)25(23)12-11-19(22)24-3/h4-10,13-14,20-21H,11-12H2,1-3H3. The van der Waals surface area contributed by atoms with E-state index in [0.29, 0.717) is 4.90 Å². The molecule has 0 amide bonds. The highest BCUT2D eigenvalue weighted by Gasteiger charge is 2.14. The molecule has 2 aromatic carbocycles. The van der Waals surface area contributed by atoms with Crippen molar-refractivity contribution in [3.05, 3.63) is 48.5 Å². The van der Waals surface area contributed by atoms with Crippen LogP contribution in [0.15, 0.2) is 53.4 Å². The first-order valence-corrected chi connectivity index (χ1v) is 9.49. The fourth-order valence-corrected chi connectivity index (χ4v) is 3.50. The van der Waals surface area contributed by atoms with Gasteiger partial charge in [0, 0.05) is 23.2 Å². The molecule has 0 radical (unpaired) electrons. The van der Waals surface area contributed by atoms with Crippen molar-refractivity contribution in [3.63, 3.8) is 0 Å². The number of esters is 1. The van der Waals surface area contributed by atoms with Crippen molar-refractivity contribution in [1.82, 2.24) is 0 Å². The van der Waals surface area contributed by atoms with Gasteiger partial charge in [0.1, 0.15) is 0 Å². The number of para-hydroxylation sites is 1. The molecule has 0 fully saturated rings. The summed E-state index contributed by atoms with van der Waals surface area (Å²) in [4.78, 5) is 12.0. The smallest absolute Gasteiger partial charge is 0.306 e. The lowest BCUT2D eigenvalue weighted by Gasteiger charge is -2.16. The summed E-state index contributed by atoms with van der Waals surface area (Å²) in [5, 5.41) is 6.61. The highest BCUT2D eigenvalue weighted by Crippen LogP contribution is 2.27. The van der Waals surface area contributed by atoms with E-state index in [0.717, 1.165) is 17.1 Å². The Kier molecular flexibility index (Phi) is 7.01. The number of rotatable bonds is 8. The number of nitrogens with one attached hydrogen (secondary N) is 2. The minimum absolute atomic E-state index is 0.126. The van der Waals surface area contributed by atoms with Crippen molar-refractivity contribution in [2.45, 2.75) is 31.2 Å². The lowest BCUT2D eigenvalue weighted by Crippen LogP contribution is -2.14. The third-order valence-corrected chi connectivity index (χ3v) is 4.86. The summed E-state index contributed by atoms with van der Waals surface area (Å²) in [6, 6.07) is 15.7. The van der Waals surface area contributed by atoms with E-state index in [9.17, 15) is 9.00 Å². The highest BCUT2D eigenvalue weighted by molar-refractivity contribution is 7.85. The summed E-state index contributed by atoms with van der Waals surface area (Å²) in [6.07, 6.45) is 0.126. The van der Waals surface area contributed by atoms with Gasteiger partial charge in [-0.15, -0.1) is 0 Å². The van der Waals surface area contributed by atoms with Gasteiger partial charge in [0.2, 0.25) is 0 Å². The van der Waals surface area contributed by atoms with Gasteiger partial charge in [-0.25, -0.2) is 0 Å². The topological polar surface area (TPSA) is 67.4 Å². The average Bonchev–Trinajstić information content (AvgIpc) is 2.61. The number of hydrogen-bond donors (Lipinski definition) is 2. The van der Waals surface area contributed by atoms with E-state index in [1.165, 1.54) is 7.11 Å². The van der Waals surface area contributed by atoms with Crippen molar-refractivity contribution in [2.24, 2.45) is 0 Å². The Labute approximate surface area is 151 Å². The second-order valence-corrected chi connectivity index (χ2v) is 7.42. The summed E-state index contributed by atoms with van der Waals surface area (Å²) in [7, 11) is 0.0296. The molecule has 0 aliphatic rings. The zero-order valence-electron chi connectivity index (χ0n) is 14.7. The van der Waals surface area contributed by atoms with Gasteiger partial charge in [-0.05, 0) is 44.2 Å². The molecule has 6 heteroatoms. The van der Waals surface area contributed by atoms with Gasteiger partial charge in [0.15, 0.2) is 0 Å². The molecule has 1 atom stereocenters. The monoisotopic (exact) mass is 360 g/mol. The van der Waals surface area contributed by atoms with Gasteiger partial charge < -0.3 is 15.4 Å². The van der Waals surface area contributed by atoms with Gasteiger partial charge >= 0.3 is 5.97 Å². The number of methoxy groups -OCH3 is 1. The van der Waals surface area contributed by atoms with Crippen molar-refractivity contribution in [1.29, 1.82) is 0 Å². The molecule has 2 aromatic rings. The Morgan fingerprint density at radius 1 is 1.12 bits per heavy atom. The van der Waals surface area contributed by atoms with Crippen LogP contribution < -0.4 is 10.6 Å². The van der Waals surface area contributed by atoms with Crippen molar-refractivity contribution >= 4 is 33.8 Å². The van der Waals surface area contributed by atoms with E-state index in [2.05, 4.69) is 15.4 Å². The Morgan fingerprint density at radius 2 is 1.84 bits per heavy atom. The molecule has 0 saturated heterocycles. The number of anilines is 3. The lowest BCUT2D eigenvalue weighted by atomic mass is 10.2. The van der Waals surface area contributed by atoms with Gasteiger partial charge in [0.05, 0.1) is 34.9 Å². The van der Waals surface area contributed by atoms with E-state index < -0.39 is 10.8 Å². The first-order chi connectivity index (χ1) is 12.0. The molecule has 0 bridgehead atoms. The zero-order chi connectivity index (χ0) is 18.2. The number of carbonyl (C=O) groups is 1. The van der Waals surface area contributed by atoms with Crippen LogP contribution in [0, 0.1) is 0 Å². The van der Waals surface area contributed by atoms with Crippen molar-refractivity contribution in [3.8, 4) is 0 Å². The van der Waals surface area contributed by atoms with E-state index in [1.807, 2.05) is 62.4 Å². The molecule has 0 aliphatic carbocycles. The van der Waals surface area contributed by atoms with Gasteiger partial charge in [-0.1, -0.05) is 18.2 Å². The maximum Gasteiger partial charge on any atom is 0.306 e. The first-order valence-electron chi connectivity index (χ1n) is 8.17. The maximum absolute atomic E-state index is 12.7. The van der Waals surface area contributed by atoms with Gasteiger partial charge in [0.25, 0.3) is 0 Å². The largest absolute Gasteiger partial charge is 0.469 e. The summed E-state index contributed by atoms with van der Waals surface area (Å²) >= 11 is 0. The van der Waals surface area contributed by atoms with Crippen LogP contribution in [0.25, 0.3) is 0 Å². The third kappa shape index (κ3) is 5.90. The molecule has 2 rings (SSSR count). The zero-order valence-corrected chi connectivity index (χ0v) is 15.6. The van der Waals surface area contributed by atoms with Crippen molar-refractivity contribution in [2.75, 3.05) is 23.5 Å². The van der Waals surface area contributed by atoms with Crippen LogP contribution in [-0.4, -0.2) is 29.1 Å². The van der Waals surface area contributed by atoms with E-state index in [4.69, 9.17) is 0 Å². The van der Waals surface area contributed by atoms with Crippen molar-refractivity contribution < 1.29 is 13.7 Å². The van der Waals surface area contributed by atoms with Crippen LogP contribution in [0.1, 0.15) is 20.3 Å².